The molecule has 204 valence electrons. The highest BCUT2D eigenvalue weighted by Gasteiger charge is 2.46. The van der Waals surface area contributed by atoms with Crippen LogP contribution in [0.15, 0.2) is 60.2 Å². The largest absolute Gasteiger partial charge is 0.507 e. The molecule has 1 aliphatic rings. The molecule has 9 nitrogen and oxygen atoms in total. The molecule has 4 rings (SSSR count). The van der Waals surface area contributed by atoms with Gasteiger partial charge in [0.05, 0.1) is 57.8 Å². The fraction of sp³-hybridized carbons (Fsp3) is 0.241. The predicted molar refractivity (Wildman–Crippen MR) is 145 cm³/mol. The minimum atomic E-state index is -0.945. The molecule has 3 aromatic rings. The van der Waals surface area contributed by atoms with Gasteiger partial charge < -0.3 is 33.7 Å². The highest BCUT2D eigenvalue weighted by molar-refractivity contribution is 6.46. The summed E-state index contributed by atoms with van der Waals surface area (Å²) in [7, 11) is 7.39. The molecule has 1 heterocycles. The van der Waals surface area contributed by atoms with Crippen molar-refractivity contribution in [1.82, 2.24) is 4.90 Å². The van der Waals surface area contributed by atoms with Crippen LogP contribution in [0, 0.1) is 0 Å². The third-order valence-corrected chi connectivity index (χ3v) is 6.77. The standard InChI is InChI=1S/C29H28ClNO8/c1-35-18-8-6-7-17(12-18)26-25(27(32)19-13-23(38-4)20(30)14-22(19)37-3)28(33)29(34)31(26)15-16-9-10-21(36-2)24(11-16)39-5/h6-14,26,32H,15H2,1-5H3/b27-25+. The second kappa shape index (κ2) is 11.6. The van der Waals surface area contributed by atoms with E-state index in [1.807, 2.05) is 0 Å². The van der Waals surface area contributed by atoms with Gasteiger partial charge in [-0.2, -0.15) is 0 Å². The Morgan fingerprint density at radius 2 is 1.51 bits per heavy atom. The maximum Gasteiger partial charge on any atom is 0.295 e. The number of carbonyl (C=O) groups is 2. The molecule has 1 amide bonds. The van der Waals surface area contributed by atoms with E-state index in [1.165, 1.54) is 52.6 Å². The molecular weight excluding hydrogens is 526 g/mol. The molecule has 0 radical (unpaired) electrons. The number of carbonyl (C=O) groups excluding carboxylic acids is 2. The van der Waals surface area contributed by atoms with Crippen molar-refractivity contribution in [2.75, 3.05) is 35.5 Å². The van der Waals surface area contributed by atoms with Crippen LogP contribution in [0.1, 0.15) is 22.7 Å². The Kier molecular flexibility index (Phi) is 8.21. The molecule has 3 aromatic carbocycles. The van der Waals surface area contributed by atoms with Crippen molar-refractivity contribution in [3.63, 3.8) is 0 Å². The molecule has 1 aliphatic heterocycles. The van der Waals surface area contributed by atoms with Gasteiger partial charge in [-0.25, -0.2) is 0 Å². The number of nitrogens with zero attached hydrogens (tertiary/aromatic N) is 1. The van der Waals surface area contributed by atoms with Crippen molar-refractivity contribution >= 4 is 29.1 Å². The first-order valence-electron chi connectivity index (χ1n) is 11.8. The lowest BCUT2D eigenvalue weighted by Gasteiger charge is -2.26. The van der Waals surface area contributed by atoms with E-state index in [9.17, 15) is 14.7 Å². The molecule has 0 aromatic heterocycles. The fourth-order valence-corrected chi connectivity index (χ4v) is 4.80. The number of rotatable bonds is 9. The van der Waals surface area contributed by atoms with Gasteiger partial charge >= 0.3 is 0 Å². The predicted octanol–water partition coefficient (Wildman–Crippen LogP) is 5.00. The Morgan fingerprint density at radius 1 is 0.821 bits per heavy atom. The van der Waals surface area contributed by atoms with E-state index >= 15 is 0 Å². The van der Waals surface area contributed by atoms with Crippen LogP contribution in [-0.2, 0) is 16.1 Å². The summed E-state index contributed by atoms with van der Waals surface area (Å²) in [5, 5.41) is 11.8. The maximum atomic E-state index is 13.5. The lowest BCUT2D eigenvalue weighted by Crippen LogP contribution is -2.29. The summed E-state index contributed by atoms with van der Waals surface area (Å²) in [6.07, 6.45) is 0. The number of hydrogen-bond acceptors (Lipinski definition) is 8. The van der Waals surface area contributed by atoms with Crippen LogP contribution < -0.4 is 23.7 Å². The van der Waals surface area contributed by atoms with E-state index in [1.54, 1.807) is 42.5 Å². The van der Waals surface area contributed by atoms with E-state index < -0.39 is 23.5 Å². The number of likely N-dealkylation sites (tertiary alicyclic amines) is 1. The Hall–Kier alpha value is -4.37. The number of aliphatic hydroxyl groups excluding tert-OH is 1. The van der Waals surface area contributed by atoms with E-state index in [0.717, 1.165) is 0 Å². The molecule has 1 N–H and O–H groups in total. The number of amides is 1. The normalized spacial score (nSPS) is 16.3. The molecule has 10 heteroatoms. The molecule has 0 spiro atoms. The Balaban J connectivity index is 1.92. The minimum Gasteiger partial charge on any atom is -0.507 e. The minimum absolute atomic E-state index is 0.0463. The molecule has 1 unspecified atom stereocenters. The summed E-state index contributed by atoms with van der Waals surface area (Å²) >= 11 is 6.25. The topological polar surface area (TPSA) is 104 Å². The molecule has 39 heavy (non-hydrogen) atoms. The summed E-state index contributed by atoms with van der Waals surface area (Å²) in [5.74, 6) is -0.0715. The molecule has 0 aliphatic carbocycles. The summed E-state index contributed by atoms with van der Waals surface area (Å²) in [6.45, 7) is 0.0463. The van der Waals surface area contributed by atoms with E-state index in [2.05, 4.69) is 0 Å². The van der Waals surface area contributed by atoms with Crippen LogP contribution in [-0.4, -0.2) is 57.2 Å². The van der Waals surface area contributed by atoms with Crippen LogP contribution in [0.5, 0.6) is 28.7 Å². The van der Waals surface area contributed by atoms with E-state index in [4.69, 9.17) is 35.3 Å². The van der Waals surface area contributed by atoms with Gasteiger partial charge in [-0.1, -0.05) is 29.8 Å². The molecular formula is C29H28ClNO8. The van der Waals surface area contributed by atoms with Crippen molar-refractivity contribution in [3.05, 3.63) is 81.9 Å². The summed E-state index contributed by atoms with van der Waals surface area (Å²) in [6, 6.07) is 14.2. The zero-order valence-corrected chi connectivity index (χ0v) is 22.9. The SMILES string of the molecule is COc1cccc(C2/C(=C(\O)c3cc(OC)c(Cl)cc3OC)C(=O)C(=O)N2Cc2ccc(OC)c(OC)c2)c1. The third-order valence-electron chi connectivity index (χ3n) is 6.48. The smallest absolute Gasteiger partial charge is 0.295 e. The zero-order chi connectivity index (χ0) is 28.3. The van der Waals surface area contributed by atoms with Gasteiger partial charge in [0.1, 0.15) is 23.0 Å². The lowest BCUT2D eigenvalue weighted by atomic mass is 9.94. The Labute approximate surface area is 231 Å². The van der Waals surface area contributed by atoms with Crippen LogP contribution >= 0.6 is 11.6 Å². The molecule has 1 fully saturated rings. The monoisotopic (exact) mass is 553 g/mol. The zero-order valence-electron chi connectivity index (χ0n) is 22.1. The van der Waals surface area contributed by atoms with Gasteiger partial charge in [0.15, 0.2) is 11.5 Å². The van der Waals surface area contributed by atoms with Gasteiger partial charge in [-0.05, 0) is 41.5 Å². The molecule has 1 saturated heterocycles. The number of methoxy groups -OCH3 is 5. The van der Waals surface area contributed by atoms with Crippen LogP contribution in [0.4, 0.5) is 0 Å². The maximum absolute atomic E-state index is 13.5. The van der Waals surface area contributed by atoms with Crippen molar-refractivity contribution in [2.24, 2.45) is 0 Å². The van der Waals surface area contributed by atoms with Crippen molar-refractivity contribution in [3.8, 4) is 28.7 Å². The number of ketones is 1. The van der Waals surface area contributed by atoms with Crippen LogP contribution in [0.25, 0.3) is 5.76 Å². The first-order chi connectivity index (χ1) is 18.8. The van der Waals surface area contributed by atoms with Crippen molar-refractivity contribution in [1.29, 1.82) is 0 Å². The summed E-state index contributed by atoms with van der Waals surface area (Å²) in [5.41, 5.74) is 1.29. The molecule has 0 saturated carbocycles. The average molecular weight is 554 g/mol. The van der Waals surface area contributed by atoms with Crippen molar-refractivity contribution < 1.29 is 38.4 Å². The van der Waals surface area contributed by atoms with Gasteiger partial charge in [0.2, 0.25) is 0 Å². The number of hydrogen-bond donors (Lipinski definition) is 1. The third kappa shape index (κ3) is 5.18. The second-order valence-electron chi connectivity index (χ2n) is 8.58. The van der Waals surface area contributed by atoms with Gasteiger partial charge in [0.25, 0.3) is 11.7 Å². The number of Topliss-reactive ketones (excluding diaryl/α,β-unsaturated/α-hetero) is 1. The molecule has 1 atom stereocenters. The van der Waals surface area contributed by atoms with Gasteiger partial charge in [-0.3, -0.25) is 9.59 Å². The van der Waals surface area contributed by atoms with E-state index in [0.29, 0.717) is 28.4 Å². The van der Waals surface area contributed by atoms with Crippen LogP contribution in [0.2, 0.25) is 5.02 Å². The lowest BCUT2D eigenvalue weighted by molar-refractivity contribution is -0.140. The number of ether oxygens (including phenoxy) is 5. The van der Waals surface area contributed by atoms with Crippen LogP contribution in [0.3, 0.4) is 0 Å². The quantitative estimate of drug-likeness (QED) is 0.224. The number of aliphatic hydroxyl groups is 1. The number of halogens is 1. The highest BCUT2D eigenvalue weighted by Crippen LogP contribution is 2.44. The summed E-state index contributed by atoms with van der Waals surface area (Å²) < 4.78 is 26.8. The highest BCUT2D eigenvalue weighted by atomic mass is 35.5. The fourth-order valence-electron chi connectivity index (χ4n) is 4.57. The Bertz CT molecular complexity index is 1450. The first kappa shape index (κ1) is 27.7. The Morgan fingerprint density at radius 3 is 2.15 bits per heavy atom. The van der Waals surface area contributed by atoms with Gasteiger partial charge in [-0.15, -0.1) is 0 Å². The van der Waals surface area contributed by atoms with Crippen molar-refractivity contribution in [2.45, 2.75) is 12.6 Å². The average Bonchev–Trinajstić information content (AvgIpc) is 3.21. The van der Waals surface area contributed by atoms with Gasteiger partial charge in [0, 0.05) is 12.6 Å². The first-order valence-corrected chi connectivity index (χ1v) is 12.2. The molecule has 0 bridgehead atoms. The second-order valence-corrected chi connectivity index (χ2v) is 8.99. The summed E-state index contributed by atoms with van der Waals surface area (Å²) in [4.78, 5) is 28.4. The number of benzene rings is 3. The van der Waals surface area contributed by atoms with E-state index in [-0.39, 0.29) is 34.2 Å².